The molecule has 1 heterocycles. The molecule has 0 aliphatic heterocycles. The molecule has 8 heteroatoms. The van der Waals surface area contributed by atoms with Crippen LogP contribution in [-0.2, 0) is 17.9 Å². The van der Waals surface area contributed by atoms with Crippen molar-refractivity contribution in [1.29, 1.82) is 0 Å². The molecule has 0 spiro atoms. The number of hydrogen-bond acceptors (Lipinski definition) is 5. The molecular weight excluding hydrogens is 551 g/mol. The quantitative estimate of drug-likeness (QED) is 0.129. The Labute approximate surface area is 232 Å². The predicted octanol–water partition coefficient (Wildman–Crippen LogP) is 7.70. The van der Waals surface area contributed by atoms with Gasteiger partial charge in [-0.15, -0.1) is 13.2 Å². The van der Waals surface area contributed by atoms with E-state index in [0.717, 1.165) is 11.1 Å². The number of pyridine rings is 1. The highest BCUT2D eigenvalue weighted by atomic mass is 79.9. The number of halogens is 2. The molecule has 2 rings (SSSR count). The number of allylic oxidation sites excluding steroid dienone is 5. The molecule has 1 aromatic carbocycles. The molecule has 6 nitrogen and oxygen atoms in total. The van der Waals surface area contributed by atoms with Gasteiger partial charge in [-0.1, -0.05) is 54.1 Å². The summed E-state index contributed by atoms with van der Waals surface area (Å²) in [6.07, 6.45) is 5.84. The Morgan fingerprint density at radius 1 is 1.24 bits per heavy atom. The lowest BCUT2D eigenvalue weighted by molar-refractivity contribution is 0.0518. The summed E-state index contributed by atoms with van der Waals surface area (Å²) >= 11 is 3.66. The van der Waals surface area contributed by atoms with Crippen molar-refractivity contribution in [1.82, 2.24) is 4.57 Å². The van der Waals surface area contributed by atoms with E-state index in [9.17, 15) is 14.0 Å². The Morgan fingerprint density at radius 3 is 2.47 bits per heavy atom. The summed E-state index contributed by atoms with van der Waals surface area (Å²) in [5.41, 5.74) is 1.44. The van der Waals surface area contributed by atoms with Crippen molar-refractivity contribution in [2.24, 2.45) is 10.9 Å². The van der Waals surface area contributed by atoms with Crippen LogP contribution >= 0.6 is 15.9 Å². The molecule has 2 aromatic rings. The first-order valence-corrected chi connectivity index (χ1v) is 13.0. The Balaban J connectivity index is 2.80. The Hall–Kier alpha value is -3.52. The molecule has 0 saturated heterocycles. The van der Waals surface area contributed by atoms with Crippen molar-refractivity contribution in [3.8, 4) is 5.75 Å². The summed E-state index contributed by atoms with van der Waals surface area (Å²) in [5, 5.41) is 0. The highest BCUT2D eigenvalue weighted by Crippen LogP contribution is 2.42. The summed E-state index contributed by atoms with van der Waals surface area (Å²) in [6, 6.07) is 9.35. The van der Waals surface area contributed by atoms with Gasteiger partial charge < -0.3 is 14.0 Å². The highest BCUT2D eigenvalue weighted by Gasteiger charge is 2.29. The molecule has 0 radical (unpaired) electrons. The van der Waals surface area contributed by atoms with Gasteiger partial charge in [0.15, 0.2) is 11.3 Å². The van der Waals surface area contributed by atoms with Crippen LogP contribution < -0.4 is 10.3 Å². The molecule has 0 aliphatic carbocycles. The number of carbonyl (C=O) groups is 1. The fourth-order valence-electron chi connectivity index (χ4n) is 3.88. The van der Waals surface area contributed by atoms with Gasteiger partial charge in [-0.05, 0) is 67.7 Å². The smallest absolute Gasteiger partial charge is 0.347 e. The first-order valence-electron chi connectivity index (χ1n) is 12.2. The molecule has 0 saturated carbocycles. The normalized spacial score (nSPS) is 12.8. The minimum absolute atomic E-state index is 0.0105. The molecule has 1 unspecified atom stereocenters. The van der Waals surface area contributed by atoms with E-state index in [1.54, 1.807) is 19.1 Å². The number of ether oxygens (including phenoxy) is 2. The van der Waals surface area contributed by atoms with Crippen LogP contribution in [0.15, 0.2) is 82.9 Å². The minimum atomic E-state index is -0.813. The molecule has 38 heavy (non-hydrogen) atoms. The number of carbonyl (C=O) groups excluding carboxylic acids is 1. The average Bonchev–Trinajstić information content (AvgIpc) is 2.90. The molecule has 202 valence electrons. The summed E-state index contributed by atoms with van der Waals surface area (Å²) in [7, 11) is 0. The Morgan fingerprint density at radius 2 is 1.92 bits per heavy atom. The Bertz CT molecular complexity index is 1290. The van der Waals surface area contributed by atoms with Gasteiger partial charge in [-0.3, -0.25) is 9.79 Å². The maximum atomic E-state index is 13.7. The summed E-state index contributed by atoms with van der Waals surface area (Å²) in [5.74, 6) is -1.12. The molecule has 1 atom stereocenters. The fraction of sp³-hybridized carbons (Fsp3) is 0.300. The average molecular weight is 586 g/mol. The first kappa shape index (κ1) is 30.7. The fourth-order valence-corrected chi connectivity index (χ4v) is 4.44. The van der Waals surface area contributed by atoms with Gasteiger partial charge in [-0.25, -0.2) is 9.18 Å². The summed E-state index contributed by atoms with van der Waals surface area (Å²) < 4.78 is 26.6. The zero-order valence-electron chi connectivity index (χ0n) is 22.1. The number of rotatable bonds is 14. The number of aliphatic imine (C=N–C) groups is 1. The lowest BCUT2D eigenvalue weighted by Gasteiger charge is -2.22. The summed E-state index contributed by atoms with van der Waals surface area (Å²) in [4.78, 5) is 30.9. The number of hydrogen-bond donors (Lipinski definition) is 0. The van der Waals surface area contributed by atoms with Crippen molar-refractivity contribution >= 4 is 38.8 Å². The van der Waals surface area contributed by atoms with Crippen molar-refractivity contribution in [2.75, 3.05) is 6.61 Å². The van der Waals surface area contributed by atoms with Gasteiger partial charge in [-0.2, -0.15) is 0 Å². The Kier molecular flexibility index (Phi) is 12.1. The van der Waals surface area contributed by atoms with Crippen molar-refractivity contribution in [3.05, 3.63) is 100 Å². The zero-order chi connectivity index (χ0) is 28.2. The maximum Gasteiger partial charge on any atom is 0.347 e. The number of aromatic nitrogens is 1. The van der Waals surface area contributed by atoms with Crippen LogP contribution in [-0.4, -0.2) is 23.9 Å². The van der Waals surface area contributed by atoms with Gasteiger partial charge in [0.05, 0.1) is 18.1 Å². The van der Waals surface area contributed by atoms with E-state index < -0.39 is 11.5 Å². The second-order valence-corrected chi connectivity index (χ2v) is 9.37. The molecule has 0 bridgehead atoms. The predicted molar refractivity (Wildman–Crippen MR) is 156 cm³/mol. The molecule has 0 fully saturated rings. The highest BCUT2D eigenvalue weighted by molar-refractivity contribution is 9.15. The van der Waals surface area contributed by atoms with Gasteiger partial charge in [0.1, 0.15) is 12.3 Å². The SMILES string of the molecule is C=CCn1c(/C(Br)=C(\C)CC(C=C)C/C=C(\C)F)c(N=C)c(OCc2ccccc2)c(C(=O)OCC)c1=O. The van der Waals surface area contributed by atoms with E-state index in [2.05, 4.69) is 40.8 Å². The third-order valence-corrected chi connectivity index (χ3v) is 6.81. The van der Waals surface area contributed by atoms with E-state index >= 15 is 0 Å². The van der Waals surface area contributed by atoms with Gasteiger partial charge in [0.2, 0.25) is 0 Å². The van der Waals surface area contributed by atoms with Crippen LogP contribution in [0.1, 0.15) is 55.2 Å². The van der Waals surface area contributed by atoms with E-state index in [1.165, 1.54) is 17.6 Å². The lowest BCUT2D eigenvalue weighted by atomic mass is 9.95. The molecule has 0 aliphatic rings. The molecule has 1 aromatic heterocycles. The number of nitrogens with zero attached hydrogens (tertiary/aromatic N) is 2. The monoisotopic (exact) mass is 584 g/mol. The third-order valence-electron chi connectivity index (χ3n) is 5.76. The van der Waals surface area contributed by atoms with Gasteiger partial charge in [0.25, 0.3) is 5.56 Å². The van der Waals surface area contributed by atoms with Crippen LogP contribution in [0.5, 0.6) is 5.75 Å². The van der Waals surface area contributed by atoms with E-state index in [4.69, 9.17) is 9.47 Å². The zero-order valence-corrected chi connectivity index (χ0v) is 23.7. The largest absolute Gasteiger partial charge is 0.485 e. The second kappa shape index (κ2) is 15.0. The van der Waals surface area contributed by atoms with Crippen LogP contribution in [0.2, 0.25) is 0 Å². The lowest BCUT2D eigenvalue weighted by Crippen LogP contribution is -2.30. The van der Waals surface area contributed by atoms with Gasteiger partial charge in [0, 0.05) is 11.0 Å². The van der Waals surface area contributed by atoms with Crippen LogP contribution in [0.25, 0.3) is 4.48 Å². The molecule has 0 N–H and O–H groups in total. The van der Waals surface area contributed by atoms with Crippen LogP contribution in [0.4, 0.5) is 10.1 Å². The topological polar surface area (TPSA) is 69.9 Å². The minimum Gasteiger partial charge on any atom is -0.485 e. The number of esters is 1. The first-order chi connectivity index (χ1) is 18.2. The van der Waals surface area contributed by atoms with E-state index in [0.29, 0.717) is 23.0 Å². The number of benzene rings is 1. The van der Waals surface area contributed by atoms with Crippen LogP contribution in [0, 0.1) is 5.92 Å². The van der Waals surface area contributed by atoms with E-state index in [1.807, 2.05) is 37.3 Å². The molecular formula is C30H34BrFN2O4. The van der Waals surface area contributed by atoms with Gasteiger partial charge >= 0.3 is 5.97 Å². The second-order valence-electron chi connectivity index (χ2n) is 8.58. The van der Waals surface area contributed by atoms with Crippen molar-refractivity contribution in [3.63, 3.8) is 0 Å². The van der Waals surface area contributed by atoms with Crippen LogP contribution in [0.3, 0.4) is 0 Å². The summed E-state index contributed by atoms with van der Waals surface area (Å²) in [6.45, 7) is 16.6. The maximum absolute atomic E-state index is 13.7. The van der Waals surface area contributed by atoms with E-state index in [-0.39, 0.29) is 48.5 Å². The third kappa shape index (κ3) is 7.74. The standard InChI is InChI=1S/C30H34BrFN2O4/c1-7-17-34-27(25(31)20(4)18-22(8-2)16-15-21(5)32)26(33-6)28(24(29(34)35)30(36)37-9-3)38-19-23-13-11-10-12-14-23/h7-8,10-15,22H,1-2,6,9,16-19H2,3-5H3/b21-15+,25-20-. The van der Waals surface area contributed by atoms with Crippen molar-refractivity contribution < 1.29 is 18.7 Å². The van der Waals surface area contributed by atoms with Crippen molar-refractivity contribution in [2.45, 2.75) is 46.8 Å². The molecule has 0 amide bonds.